The third-order valence-corrected chi connectivity index (χ3v) is 4.26. The average Bonchev–Trinajstić information content (AvgIpc) is 2.46. The number of anilines is 1. The Kier molecular flexibility index (Phi) is 4.71. The molecule has 2 rings (SSSR count). The lowest BCUT2D eigenvalue weighted by Gasteiger charge is -2.43. The predicted octanol–water partition coefficient (Wildman–Crippen LogP) is 3.05. The van der Waals surface area contributed by atoms with E-state index >= 15 is 0 Å². The minimum Gasteiger partial charge on any atom is -0.388 e. The highest BCUT2D eigenvalue weighted by atomic mass is 16.3. The van der Waals surface area contributed by atoms with Crippen molar-refractivity contribution in [3.63, 3.8) is 0 Å². The van der Waals surface area contributed by atoms with Crippen LogP contribution >= 0.6 is 0 Å². The molecule has 0 spiro atoms. The lowest BCUT2D eigenvalue weighted by molar-refractivity contribution is 0.128. The van der Waals surface area contributed by atoms with Gasteiger partial charge < -0.3 is 10.0 Å². The molecule has 0 aliphatic carbocycles. The lowest BCUT2D eigenvalue weighted by atomic mass is 10.0. The van der Waals surface area contributed by atoms with Crippen LogP contribution in [0.2, 0.25) is 0 Å². The number of aliphatic hydroxyl groups is 1. The zero-order valence-electron chi connectivity index (χ0n) is 13.3. The fourth-order valence-electron chi connectivity index (χ4n) is 2.78. The van der Waals surface area contributed by atoms with E-state index in [9.17, 15) is 5.11 Å². The van der Waals surface area contributed by atoms with Crippen molar-refractivity contribution in [3.8, 4) is 0 Å². The first-order valence-electron chi connectivity index (χ1n) is 7.70. The van der Waals surface area contributed by atoms with Crippen LogP contribution in [0.4, 0.5) is 5.69 Å². The van der Waals surface area contributed by atoms with Crippen LogP contribution in [0.3, 0.4) is 0 Å². The van der Waals surface area contributed by atoms with Gasteiger partial charge in [0, 0.05) is 37.4 Å². The van der Waals surface area contributed by atoms with E-state index in [1.165, 1.54) is 5.69 Å². The highest BCUT2D eigenvalue weighted by molar-refractivity contribution is 5.48. The number of hydrogen-bond donors (Lipinski definition) is 1. The van der Waals surface area contributed by atoms with Gasteiger partial charge in [-0.15, -0.1) is 0 Å². The Balaban J connectivity index is 1.97. The Hall–Kier alpha value is -1.06. The molecule has 0 radical (unpaired) electrons. The van der Waals surface area contributed by atoms with Crippen LogP contribution in [-0.4, -0.2) is 41.7 Å². The molecule has 20 heavy (non-hydrogen) atoms. The number of aliphatic hydroxyl groups excluding tert-OH is 1. The van der Waals surface area contributed by atoms with Crippen molar-refractivity contribution in [2.75, 3.05) is 31.1 Å². The van der Waals surface area contributed by atoms with E-state index in [-0.39, 0.29) is 11.6 Å². The summed E-state index contributed by atoms with van der Waals surface area (Å²) in [6.45, 7) is 13.2. The molecule has 0 unspecified atom stereocenters. The Labute approximate surface area is 123 Å². The van der Waals surface area contributed by atoms with E-state index in [1.54, 1.807) is 0 Å². The monoisotopic (exact) mass is 276 g/mol. The van der Waals surface area contributed by atoms with Crippen LogP contribution in [0, 0.1) is 0 Å². The zero-order chi connectivity index (χ0) is 14.8. The molecule has 1 atom stereocenters. The predicted molar refractivity (Wildman–Crippen MR) is 85.2 cm³/mol. The third-order valence-electron chi connectivity index (χ3n) is 4.26. The minimum absolute atomic E-state index is 0.265. The van der Waals surface area contributed by atoms with E-state index in [0.717, 1.165) is 38.2 Å². The summed E-state index contributed by atoms with van der Waals surface area (Å²) in [5, 5.41) is 9.83. The van der Waals surface area contributed by atoms with Gasteiger partial charge in [0.25, 0.3) is 0 Å². The second kappa shape index (κ2) is 6.15. The van der Waals surface area contributed by atoms with Gasteiger partial charge in [0.05, 0.1) is 6.10 Å². The Morgan fingerprint density at radius 1 is 1.05 bits per heavy atom. The highest BCUT2D eigenvalue weighted by Crippen LogP contribution is 2.23. The van der Waals surface area contributed by atoms with Crippen LogP contribution in [0.5, 0.6) is 0 Å². The molecule has 3 heteroatoms. The van der Waals surface area contributed by atoms with Gasteiger partial charge in [0.1, 0.15) is 0 Å². The van der Waals surface area contributed by atoms with Crippen LogP contribution in [0.25, 0.3) is 0 Å². The SMILES string of the molecule is CC[C@H](O)c1ccc(N2CCN(C(C)(C)C)CC2)cc1. The number of piperazine rings is 1. The molecule has 0 bridgehead atoms. The lowest BCUT2D eigenvalue weighted by Crippen LogP contribution is -2.53. The first-order valence-corrected chi connectivity index (χ1v) is 7.70. The summed E-state index contributed by atoms with van der Waals surface area (Å²) in [5.41, 5.74) is 2.55. The Morgan fingerprint density at radius 3 is 2.05 bits per heavy atom. The fraction of sp³-hybridized carbons (Fsp3) is 0.647. The van der Waals surface area contributed by atoms with Crippen molar-refractivity contribution in [1.82, 2.24) is 4.90 Å². The maximum Gasteiger partial charge on any atom is 0.0787 e. The molecule has 1 aromatic rings. The Morgan fingerprint density at radius 2 is 1.60 bits per heavy atom. The van der Waals surface area contributed by atoms with Crippen LogP contribution in [-0.2, 0) is 0 Å². The van der Waals surface area contributed by atoms with Crippen molar-refractivity contribution in [3.05, 3.63) is 29.8 Å². The summed E-state index contributed by atoms with van der Waals surface area (Å²) < 4.78 is 0. The number of nitrogens with zero attached hydrogens (tertiary/aromatic N) is 2. The van der Waals surface area contributed by atoms with Gasteiger partial charge in [-0.1, -0.05) is 19.1 Å². The third kappa shape index (κ3) is 3.53. The first-order chi connectivity index (χ1) is 9.41. The summed E-state index contributed by atoms with van der Waals surface area (Å²) in [5.74, 6) is 0. The van der Waals surface area contributed by atoms with E-state index in [0.29, 0.717) is 0 Å². The molecule has 1 heterocycles. The molecule has 1 aliphatic rings. The molecule has 112 valence electrons. The van der Waals surface area contributed by atoms with Crippen molar-refractivity contribution < 1.29 is 5.11 Å². The molecule has 1 N–H and O–H groups in total. The molecule has 0 saturated carbocycles. The second-order valence-corrected chi connectivity index (χ2v) is 6.66. The molecule has 3 nitrogen and oxygen atoms in total. The van der Waals surface area contributed by atoms with Gasteiger partial charge in [-0.2, -0.15) is 0 Å². The van der Waals surface area contributed by atoms with Gasteiger partial charge >= 0.3 is 0 Å². The highest BCUT2D eigenvalue weighted by Gasteiger charge is 2.25. The maximum atomic E-state index is 9.83. The summed E-state index contributed by atoms with van der Waals surface area (Å²) in [7, 11) is 0. The number of benzene rings is 1. The van der Waals surface area contributed by atoms with E-state index in [2.05, 4.69) is 54.8 Å². The molecular weight excluding hydrogens is 248 g/mol. The summed E-state index contributed by atoms with van der Waals surface area (Å²) in [4.78, 5) is 4.98. The summed E-state index contributed by atoms with van der Waals surface area (Å²) in [6, 6.07) is 8.39. The molecular formula is C17H28N2O. The largest absolute Gasteiger partial charge is 0.388 e. The Bertz CT molecular complexity index is 414. The van der Waals surface area contributed by atoms with E-state index in [1.807, 2.05) is 6.92 Å². The molecule has 0 aromatic heterocycles. The normalized spacial score (nSPS) is 19.1. The molecule has 1 fully saturated rings. The smallest absolute Gasteiger partial charge is 0.0787 e. The summed E-state index contributed by atoms with van der Waals surface area (Å²) in [6.07, 6.45) is 0.436. The molecule has 1 saturated heterocycles. The van der Waals surface area contributed by atoms with Crippen LogP contribution < -0.4 is 4.90 Å². The molecule has 1 aromatic carbocycles. The van der Waals surface area contributed by atoms with Crippen molar-refractivity contribution in [2.45, 2.75) is 45.8 Å². The fourth-order valence-corrected chi connectivity index (χ4v) is 2.78. The number of hydrogen-bond acceptors (Lipinski definition) is 3. The standard InChI is InChI=1S/C17H28N2O/c1-5-16(20)14-6-8-15(9-7-14)18-10-12-19(13-11-18)17(2,3)4/h6-9,16,20H,5,10-13H2,1-4H3/t16-/m0/s1. The van der Waals surface area contributed by atoms with Gasteiger partial charge in [-0.25, -0.2) is 0 Å². The molecule has 1 aliphatic heterocycles. The van der Waals surface area contributed by atoms with Crippen molar-refractivity contribution in [1.29, 1.82) is 0 Å². The van der Waals surface area contributed by atoms with Gasteiger partial charge in [0.15, 0.2) is 0 Å². The van der Waals surface area contributed by atoms with Crippen LogP contribution in [0.15, 0.2) is 24.3 Å². The van der Waals surface area contributed by atoms with E-state index in [4.69, 9.17) is 0 Å². The van der Waals surface area contributed by atoms with Gasteiger partial charge in [-0.05, 0) is 44.9 Å². The minimum atomic E-state index is -0.332. The quantitative estimate of drug-likeness (QED) is 0.919. The van der Waals surface area contributed by atoms with Gasteiger partial charge in [0.2, 0.25) is 0 Å². The van der Waals surface area contributed by atoms with Crippen molar-refractivity contribution >= 4 is 5.69 Å². The van der Waals surface area contributed by atoms with Gasteiger partial charge in [-0.3, -0.25) is 4.90 Å². The summed E-state index contributed by atoms with van der Waals surface area (Å²) >= 11 is 0. The first kappa shape index (κ1) is 15.3. The van der Waals surface area contributed by atoms with Crippen molar-refractivity contribution in [2.24, 2.45) is 0 Å². The second-order valence-electron chi connectivity index (χ2n) is 6.66. The zero-order valence-corrected chi connectivity index (χ0v) is 13.3. The number of rotatable bonds is 3. The molecule has 0 amide bonds. The maximum absolute atomic E-state index is 9.83. The average molecular weight is 276 g/mol. The van der Waals surface area contributed by atoms with E-state index < -0.39 is 0 Å². The van der Waals surface area contributed by atoms with Crippen LogP contribution in [0.1, 0.15) is 45.8 Å². The topological polar surface area (TPSA) is 26.7 Å².